The Kier molecular flexibility index (Phi) is 3.71. The molecular formula is C16H19N3OS. The van der Waals surface area contributed by atoms with Crippen LogP contribution >= 0.6 is 11.8 Å². The molecule has 0 aromatic rings. The molecule has 1 spiro atoms. The third kappa shape index (κ3) is 2.07. The van der Waals surface area contributed by atoms with Gasteiger partial charge in [0.15, 0.2) is 0 Å². The molecule has 2 fully saturated rings. The Morgan fingerprint density at radius 1 is 1.33 bits per heavy atom. The molecule has 1 saturated carbocycles. The molecule has 1 atom stereocenters. The number of fused-ring (bicyclic) bond motifs is 1. The SMILES string of the molecule is CC1CCC2(CC1)C(C#N)=C1SCCCN1C(=O)[C@H]2C#N. The van der Waals surface area contributed by atoms with E-state index in [9.17, 15) is 15.3 Å². The molecule has 3 aliphatic rings. The van der Waals surface area contributed by atoms with Gasteiger partial charge in [-0.2, -0.15) is 10.5 Å². The lowest BCUT2D eigenvalue weighted by Gasteiger charge is -2.48. The second-order valence-electron chi connectivity index (χ2n) is 6.38. The van der Waals surface area contributed by atoms with E-state index in [1.165, 1.54) is 0 Å². The number of carbonyl (C=O) groups excluding carboxylic acids is 1. The number of allylic oxidation sites excluding steroid dienone is 1. The number of nitrogens with zero attached hydrogens (tertiary/aromatic N) is 3. The van der Waals surface area contributed by atoms with Gasteiger partial charge in [-0.15, -0.1) is 11.8 Å². The fraction of sp³-hybridized carbons (Fsp3) is 0.688. The lowest BCUT2D eigenvalue weighted by atomic mass is 9.59. The smallest absolute Gasteiger partial charge is 0.245 e. The molecular weight excluding hydrogens is 282 g/mol. The average Bonchev–Trinajstić information content (AvgIpc) is 2.51. The van der Waals surface area contributed by atoms with Crippen molar-refractivity contribution in [3.05, 3.63) is 10.6 Å². The number of hydrogen-bond acceptors (Lipinski definition) is 4. The molecule has 0 bridgehead atoms. The van der Waals surface area contributed by atoms with Crippen LogP contribution in [-0.2, 0) is 4.79 Å². The van der Waals surface area contributed by atoms with Crippen molar-refractivity contribution >= 4 is 17.7 Å². The minimum absolute atomic E-state index is 0.0757. The van der Waals surface area contributed by atoms with Gasteiger partial charge in [-0.05, 0) is 38.0 Å². The number of rotatable bonds is 0. The highest BCUT2D eigenvalue weighted by molar-refractivity contribution is 8.03. The minimum atomic E-state index is -0.679. The van der Waals surface area contributed by atoms with Crippen molar-refractivity contribution < 1.29 is 4.79 Å². The number of hydrogen-bond donors (Lipinski definition) is 0. The first-order chi connectivity index (χ1) is 10.1. The molecule has 4 nitrogen and oxygen atoms in total. The maximum absolute atomic E-state index is 12.8. The fourth-order valence-corrected chi connectivity index (χ4v) is 5.09. The van der Waals surface area contributed by atoms with Gasteiger partial charge >= 0.3 is 0 Å². The van der Waals surface area contributed by atoms with Gasteiger partial charge in [0.25, 0.3) is 0 Å². The quantitative estimate of drug-likeness (QED) is 0.689. The highest BCUT2D eigenvalue weighted by Crippen LogP contribution is 2.55. The van der Waals surface area contributed by atoms with E-state index in [0.717, 1.165) is 42.9 Å². The summed E-state index contributed by atoms with van der Waals surface area (Å²) in [7, 11) is 0. The first-order valence-corrected chi connectivity index (χ1v) is 8.61. The average molecular weight is 301 g/mol. The summed E-state index contributed by atoms with van der Waals surface area (Å²) < 4.78 is 0. The monoisotopic (exact) mass is 301 g/mol. The number of nitriles is 2. The Balaban J connectivity index is 2.13. The summed E-state index contributed by atoms with van der Waals surface area (Å²) >= 11 is 1.62. The van der Waals surface area contributed by atoms with E-state index < -0.39 is 11.3 Å². The fourth-order valence-electron chi connectivity index (χ4n) is 3.89. The van der Waals surface area contributed by atoms with Crippen molar-refractivity contribution in [2.24, 2.45) is 17.3 Å². The van der Waals surface area contributed by atoms with E-state index in [0.29, 0.717) is 18.0 Å². The molecule has 110 valence electrons. The Bertz CT molecular complexity index is 575. The first-order valence-electron chi connectivity index (χ1n) is 7.62. The predicted octanol–water partition coefficient (Wildman–Crippen LogP) is 3.04. The second-order valence-corrected chi connectivity index (χ2v) is 7.47. The summed E-state index contributed by atoms with van der Waals surface area (Å²) in [6.07, 6.45) is 4.50. The van der Waals surface area contributed by atoms with Crippen LogP contribution in [0.25, 0.3) is 0 Å². The molecule has 0 N–H and O–H groups in total. The molecule has 1 amide bonds. The minimum Gasteiger partial charge on any atom is -0.305 e. The van der Waals surface area contributed by atoms with Crippen LogP contribution in [0.2, 0.25) is 0 Å². The van der Waals surface area contributed by atoms with E-state index in [4.69, 9.17) is 0 Å². The maximum atomic E-state index is 12.8. The lowest BCUT2D eigenvalue weighted by Crippen LogP contribution is -2.52. The van der Waals surface area contributed by atoms with Gasteiger partial charge in [0.1, 0.15) is 5.92 Å². The molecule has 0 radical (unpaired) electrons. The molecule has 5 heteroatoms. The summed E-state index contributed by atoms with van der Waals surface area (Å²) in [5.74, 6) is 0.816. The van der Waals surface area contributed by atoms with E-state index in [1.807, 2.05) is 0 Å². The van der Waals surface area contributed by atoms with Crippen LogP contribution < -0.4 is 0 Å². The van der Waals surface area contributed by atoms with Gasteiger partial charge in [-0.3, -0.25) is 4.79 Å². The highest BCUT2D eigenvalue weighted by atomic mass is 32.2. The van der Waals surface area contributed by atoms with Crippen molar-refractivity contribution in [2.75, 3.05) is 12.3 Å². The number of amides is 1. The molecule has 0 aromatic heterocycles. The van der Waals surface area contributed by atoms with Gasteiger partial charge in [0.2, 0.25) is 5.91 Å². The van der Waals surface area contributed by atoms with Crippen molar-refractivity contribution in [1.29, 1.82) is 10.5 Å². The van der Waals surface area contributed by atoms with Gasteiger partial charge in [0.05, 0.1) is 22.7 Å². The normalized spacial score (nSPS) is 36.1. The van der Waals surface area contributed by atoms with Crippen LogP contribution in [0.4, 0.5) is 0 Å². The van der Waals surface area contributed by atoms with Crippen LogP contribution in [0.3, 0.4) is 0 Å². The van der Waals surface area contributed by atoms with Crippen LogP contribution in [-0.4, -0.2) is 23.1 Å². The molecule has 3 rings (SSSR count). The van der Waals surface area contributed by atoms with E-state index in [2.05, 4.69) is 19.1 Å². The predicted molar refractivity (Wildman–Crippen MR) is 80.6 cm³/mol. The summed E-state index contributed by atoms with van der Waals surface area (Å²) in [4.78, 5) is 14.5. The van der Waals surface area contributed by atoms with Gasteiger partial charge in [-0.25, -0.2) is 0 Å². The summed E-state index contributed by atoms with van der Waals surface area (Å²) in [6, 6.07) is 4.62. The van der Waals surface area contributed by atoms with Crippen molar-refractivity contribution in [3.8, 4) is 12.1 Å². The summed E-state index contributed by atoms with van der Waals surface area (Å²) in [5.41, 5.74) is 0.189. The van der Waals surface area contributed by atoms with Gasteiger partial charge < -0.3 is 4.90 Å². The van der Waals surface area contributed by atoms with Crippen molar-refractivity contribution in [2.45, 2.75) is 39.0 Å². The first kappa shape index (κ1) is 14.5. The molecule has 0 aromatic carbocycles. The number of carbonyl (C=O) groups is 1. The third-order valence-corrected chi connectivity index (χ3v) is 6.39. The maximum Gasteiger partial charge on any atom is 0.245 e. The Morgan fingerprint density at radius 2 is 2.05 bits per heavy atom. The molecule has 21 heavy (non-hydrogen) atoms. The third-order valence-electron chi connectivity index (χ3n) is 5.19. The molecule has 2 aliphatic heterocycles. The zero-order valence-electron chi connectivity index (χ0n) is 12.3. The Hall–Kier alpha value is -1.46. The van der Waals surface area contributed by atoms with Crippen molar-refractivity contribution in [1.82, 2.24) is 4.90 Å². The summed E-state index contributed by atoms with van der Waals surface area (Å²) in [6.45, 7) is 2.86. The summed E-state index contributed by atoms with van der Waals surface area (Å²) in [5, 5.41) is 20.2. The van der Waals surface area contributed by atoms with Crippen LogP contribution in [0.5, 0.6) is 0 Å². The Labute approximate surface area is 129 Å². The highest BCUT2D eigenvalue weighted by Gasteiger charge is 2.54. The topological polar surface area (TPSA) is 67.9 Å². The van der Waals surface area contributed by atoms with E-state index in [-0.39, 0.29) is 5.91 Å². The zero-order valence-corrected chi connectivity index (χ0v) is 13.1. The number of thioether (sulfide) groups is 1. The van der Waals surface area contributed by atoms with E-state index in [1.54, 1.807) is 16.7 Å². The van der Waals surface area contributed by atoms with Gasteiger partial charge in [0, 0.05) is 17.7 Å². The van der Waals surface area contributed by atoms with Crippen LogP contribution in [0.15, 0.2) is 10.6 Å². The lowest BCUT2D eigenvalue weighted by molar-refractivity contribution is -0.137. The van der Waals surface area contributed by atoms with Gasteiger partial charge in [-0.1, -0.05) is 6.92 Å². The molecule has 1 saturated heterocycles. The zero-order chi connectivity index (χ0) is 15.0. The van der Waals surface area contributed by atoms with Crippen molar-refractivity contribution in [3.63, 3.8) is 0 Å². The van der Waals surface area contributed by atoms with Crippen LogP contribution in [0.1, 0.15) is 39.0 Å². The van der Waals surface area contributed by atoms with E-state index >= 15 is 0 Å². The molecule has 2 heterocycles. The Morgan fingerprint density at radius 3 is 2.67 bits per heavy atom. The largest absolute Gasteiger partial charge is 0.305 e. The standard InChI is InChI=1S/C16H19N3OS/c1-11-3-5-16(6-4-11)12(9-17)14(20)19-7-2-8-21-15(19)13(16)10-18/h11-12H,2-8H2,1H3/t11?,12-,16?/m1/s1. The molecule has 1 aliphatic carbocycles. The molecule has 0 unspecified atom stereocenters. The second kappa shape index (κ2) is 5.39. The van der Waals surface area contributed by atoms with Crippen LogP contribution in [0, 0.1) is 39.9 Å².